The van der Waals surface area contributed by atoms with Crippen LogP contribution in [-0.2, 0) is 14.3 Å². The van der Waals surface area contributed by atoms with Crippen LogP contribution in [0.5, 0.6) is 0 Å². The molecule has 0 aromatic heterocycles. The first kappa shape index (κ1) is 21.0. The van der Waals surface area contributed by atoms with E-state index in [2.05, 4.69) is 6.92 Å². The smallest absolute Gasteiger partial charge is 0.309 e. The lowest BCUT2D eigenvalue weighted by molar-refractivity contribution is -0.144. The molecule has 1 aliphatic rings. The number of carboxylic acid groups (broad SMARTS) is 1. The van der Waals surface area contributed by atoms with Crippen molar-refractivity contribution >= 4 is 11.9 Å². The molecular weight excluding hydrogens is 304 g/mol. The van der Waals surface area contributed by atoms with Gasteiger partial charge in [0.25, 0.3) is 0 Å². The molecule has 1 N–H and O–H groups in total. The van der Waals surface area contributed by atoms with Gasteiger partial charge < -0.3 is 9.84 Å². The number of unbranched alkanes of at least 4 members (excludes halogenated alkanes) is 10. The van der Waals surface area contributed by atoms with Gasteiger partial charge in [-0.15, -0.1) is 0 Å². The summed E-state index contributed by atoms with van der Waals surface area (Å²) in [7, 11) is 0. The number of carbonyl (C=O) groups excluding carboxylic acids is 1. The first-order valence-corrected chi connectivity index (χ1v) is 9.98. The number of cyclic esters (lactones) is 1. The molecule has 0 radical (unpaired) electrons. The van der Waals surface area contributed by atoms with Crippen LogP contribution in [0.2, 0.25) is 0 Å². The summed E-state index contributed by atoms with van der Waals surface area (Å²) in [5, 5.41) is 8.99. The summed E-state index contributed by atoms with van der Waals surface area (Å²) in [6.45, 7) is 4.04. The largest absolute Gasteiger partial charge is 0.481 e. The fourth-order valence-corrected chi connectivity index (χ4v) is 3.63. The Hall–Kier alpha value is -1.06. The summed E-state index contributed by atoms with van der Waals surface area (Å²) in [5.41, 5.74) is 0. The van der Waals surface area contributed by atoms with Crippen LogP contribution in [0, 0.1) is 11.8 Å². The van der Waals surface area contributed by atoms with Crippen molar-refractivity contribution in [3.63, 3.8) is 0 Å². The van der Waals surface area contributed by atoms with Crippen LogP contribution in [0.15, 0.2) is 0 Å². The quantitative estimate of drug-likeness (QED) is 0.342. The van der Waals surface area contributed by atoms with Gasteiger partial charge in [-0.3, -0.25) is 9.59 Å². The molecule has 0 saturated carbocycles. The molecule has 1 rings (SSSR count). The van der Waals surface area contributed by atoms with E-state index in [0.717, 1.165) is 19.3 Å². The zero-order valence-corrected chi connectivity index (χ0v) is 15.6. The lowest BCUT2D eigenvalue weighted by Crippen LogP contribution is -2.22. The highest BCUT2D eigenvalue weighted by molar-refractivity contribution is 5.76. The second kappa shape index (κ2) is 12.3. The van der Waals surface area contributed by atoms with Crippen LogP contribution in [0.25, 0.3) is 0 Å². The Morgan fingerprint density at radius 2 is 1.46 bits per heavy atom. The Morgan fingerprint density at radius 3 is 1.96 bits per heavy atom. The molecule has 0 aromatic carbocycles. The van der Waals surface area contributed by atoms with Gasteiger partial charge in [0, 0.05) is 5.92 Å². The molecule has 1 aliphatic heterocycles. The van der Waals surface area contributed by atoms with Gasteiger partial charge in [0.2, 0.25) is 0 Å². The van der Waals surface area contributed by atoms with Gasteiger partial charge in [-0.25, -0.2) is 0 Å². The molecule has 140 valence electrons. The van der Waals surface area contributed by atoms with Crippen molar-refractivity contribution in [2.45, 2.75) is 103 Å². The minimum atomic E-state index is -0.839. The zero-order chi connectivity index (χ0) is 17.8. The Balaban J connectivity index is 2.04. The topological polar surface area (TPSA) is 63.6 Å². The molecule has 1 heterocycles. The monoisotopic (exact) mass is 340 g/mol. The third-order valence-electron chi connectivity index (χ3n) is 5.26. The molecule has 0 amide bonds. The molecule has 0 bridgehead atoms. The van der Waals surface area contributed by atoms with E-state index in [0.29, 0.717) is 0 Å². The molecule has 0 unspecified atom stereocenters. The van der Waals surface area contributed by atoms with E-state index in [9.17, 15) is 9.59 Å². The highest BCUT2D eigenvalue weighted by atomic mass is 16.6. The average Bonchev–Trinajstić information content (AvgIpc) is 2.80. The van der Waals surface area contributed by atoms with Gasteiger partial charge in [0.05, 0.1) is 12.3 Å². The van der Waals surface area contributed by atoms with E-state index < -0.39 is 5.97 Å². The maximum absolute atomic E-state index is 11.7. The average molecular weight is 341 g/mol. The third-order valence-corrected chi connectivity index (χ3v) is 5.26. The second-order valence-electron chi connectivity index (χ2n) is 7.35. The molecule has 0 aromatic rings. The number of esters is 1. The highest BCUT2D eigenvalue weighted by Crippen LogP contribution is 2.33. The van der Waals surface area contributed by atoms with Crippen molar-refractivity contribution in [1.29, 1.82) is 0 Å². The van der Waals surface area contributed by atoms with Crippen molar-refractivity contribution in [3.8, 4) is 0 Å². The van der Waals surface area contributed by atoms with E-state index in [1.807, 2.05) is 0 Å². The summed E-state index contributed by atoms with van der Waals surface area (Å²) in [4.78, 5) is 22.6. The molecule has 1 fully saturated rings. The van der Waals surface area contributed by atoms with Gasteiger partial charge in [-0.05, 0) is 12.8 Å². The van der Waals surface area contributed by atoms with Crippen molar-refractivity contribution in [2.24, 2.45) is 11.8 Å². The molecule has 0 aliphatic carbocycles. The number of hydrogen-bond donors (Lipinski definition) is 1. The van der Waals surface area contributed by atoms with Gasteiger partial charge in [0.15, 0.2) is 0 Å². The van der Waals surface area contributed by atoms with Crippen LogP contribution in [-0.4, -0.2) is 23.1 Å². The summed E-state index contributed by atoms with van der Waals surface area (Å²) in [6.07, 6.45) is 14.8. The first-order chi connectivity index (χ1) is 11.6. The third kappa shape index (κ3) is 8.16. The van der Waals surface area contributed by atoms with E-state index in [1.165, 1.54) is 57.8 Å². The Kier molecular flexibility index (Phi) is 10.8. The minimum Gasteiger partial charge on any atom is -0.481 e. The van der Waals surface area contributed by atoms with E-state index >= 15 is 0 Å². The fourth-order valence-electron chi connectivity index (χ4n) is 3.63. The normalized spacial score (nSPS) is 23.4. The van der Waals surface area contributed by atoms with E-state index in [4.69, 9.17) is 9.84 Å². The van der Waals surface area contributed by atoms with Crippen molar-refractivity contribution in [3.05, 3.63) is 0 Å². The van der Waals surface area contributed by atoms with E-state index in [1.54, 1.807) is 6.92 Å². The summed E-state index contributed by atoms with van der Waals surface area (Å²) in [6, 6.07) is 0. The number of ether oxygens (including phenoxy) is 1. The Bertz CT molecular complexity index is 367. The predicted octanol–water partition coefficient (Wildman–Crippen LogP) is 5.34. The molecule has 1 saturated heterocycles. The maximum atomic E-state index is 11.7. The SMILES string of the molecule is CCCCCCCCCCCCC[C@H]1OC(=O)[C@H](C)[C@H]1CC(=O)O. The first-order valence-electron chi connectivity index (χ1n) is 9.98. The Morgan fingerprint density at radius 1 is 0.958 bits per heavy atom. The predicted molar refractivity (Wildman–Crippen MR) is 95.9 cm³/mol. The molecule has 0 spiro atoms. The number of carboxylic acids is 1. The summed E-state index contributed by atoms with van der Waals surface area (Å²) >= 11 is 0. The highest BCUT2D eigenvalue weighted by Gasteiger charge is 2.42. The number of hydrogen-bond acceptors (Lipinski definition) is 3. The molecule has 24 heavy (non-hydrogen) atoms. The van der Waals surface area contributed by atoms with Gasteiger partial charge in [-0.2, -0.15) is 0 Å². The van der Waals surface area contributed by atoms with Crippen LogP contribution in [0.1, 0.15) is 97.3 Å². The fraction of sp³-hybridized carbons (Fsp3) is 0.900. The maximum Gasteiger partial charge on any atom is 0.309 e. The minimum absolute atomic E-state index is 0.0373. The lowest BCUT2D eigenvalue weighted by Gasteiger charge is -2.17. The van der Waals surface area contributed by atoms with Crippen LogP contribution >= 0.6 is 0 Å². The van der Waals surface area contributed by atoms with Crippen molar-refractivity contribution in [2.75, 3.05) is 0 Å². The van der Waals surface area contributed by atoms with Gasteiger partial charge in [-0.1, -0.05) is 78.1 Å². The lowest BCUT2D eigenvalue weighted by atomic mass is 9.86. The van der Waals surface area contributed by atoms with Crippen LogP contribution < -0.4 is 0 Å². The molecule has 4 heteroatoms. The Labute approximate surface area is 147 Å². The summed E-state index contributed by atoms with van der Waals surface area (Å²) in [5.74, 6) is -1.50. The van der Waals surface area contributed by atoms with Crippen LogP contribution in [0.3, 0.4) is 0 Å². The summed E-state index contributed by atoms with van der Waals surface area (Å²) < 4.78 is 5.38. The number of aliphatic carboxylic acids is 1. The van der Waals surface area contributed by atoms with Crippen molar-refractivity contribution in [1.82, 2.24) is 0 Å². The molecule has 3 atom stereocenters. The van der Waals surface area contributed by atoms with Crippen molar-refractivity contribution < 1.29 is 19.4 Å². The van der Waals surface area contributed by atoms with E-state index in [-0.39, 0.29) is 30.3 Å². The standard InChI is InChI=1S/C20H36O4/c1-3-4-5-6-7-8-9-10-11-12-13-14-18-17(15-19(21)22)16(2)20(23)24-18/h16-18H,3-15H2,1-2H3,(H,21,22)/t16-,17-,18-/m1/s1. The van der Waals surface area contributed by atoms with Crippen LogP contribution in [0.4, 0.5) is 0 Å². The van der Waals surface area contributed by atoms with Gasteiger partial charge >= 0.3 is 11.9 Å². The second-order valence-corrected chi connectivity index (χ2v) is 7.35. The van der Waals surface area contributed by atoms with Gasteiger partial charge in [0.1, 0.15) is 6.10 Å². The molecule has 4 nitrogen and oxygen atoms in total. The number of carbonyl (C=O) groups is 2. The molecular formula is C20H36O4. The zero-order valence-electron chi connectivity index (χ0n) is 15.6. The number of rotatable bonds is 14.